The van der Waals surface area contributed by atoms with Crippen molar-refractivity contribution in [3.63, 3.8) is 0 Å². The summed E-state index contributed by atoms with van der Waals surface area (Å²) in [6.45, 7) is 0.425. The number of benzene rings is 2. The summed E-state index contributed by atoms with van der Waals surface area (Å²) in [7, 11) is 0. The average molecular weight is 408 g/mol. The summed E-state index contributed by atoms with van der Waals surface area (Å²) in [6, 6.07) is 12.2. The standard InChI is InChI=1S/C18H19BrFN3O2/c19-14-5-3-13(4-6-14)16(23-18(21)25)11-17(24)22-10-9-12-1-7-15(20)8-2-12/h1-8,16H,9-11H2,(H,22,24)(H3,21,23,25)/t16-/m0/s1. The fourth-order valence-corrected chi connectivity index (χ4v) is 2.64. The predicted octanol–water partition coefficient (Wildman–Crippen LogP) is 3.05. The third kappa shape index (κ3) is 6.54. The van der Waals surface area contributed by atoms with Crippen molar-refractivity contribution >= 4 is 27.9 Å². The summed E-state index contributed by atoms with van der Waals surface area (Å²) in [5.74, 6) is -0.494. The molecule has 0 radical (unpaired) electrons. The highest BCUT2D eigenvalue weighted by Crippen LogP contribution is 2.19. The highest BCUT2D eigenvalue weighted by molar-refractivity contribution is 9.10. The number of nitrogens with one attached hydrogen (secondary N) is 2. The minimum atomic E-state index is -0.688. The number of rotatable bonds is 7. The second kappa shape index (κ2) is 9.17. The van der Waals surface area contributed by atoms with Gasteiger partial charge in [-0.1, -0.05) is 40.2 Å². The predicted molar refractivity (Wildman–Crippen MR) is 97.3 cm³/mol. The smallest absolute Gasteiger partial charge is 0.312 e. The molecule has 0 saturated carbocycles. The molecule has 132 valence electrons. The molecule has 0 fully saturated rings. The Hall–Kier alpha value is -2.41. The number of hydrogen-bond donors (Lipinski definition) is 3. The molecule has 0 unspecified atom stereocenters. The van der Waals surface area contributed by atoms with Gasteiger partial charge in [0.05, 0.1) is 12.5 Å². The van der Waals surface area contributed by atoms with Crippen LogP contribution in [0, 0.1) is 5.82 Å². The lowest BCUT2D eigenvalue weighted by Gasteiger charge is -2.18. The molecule has 2 rings (SSSR count). The highest BCUT2D eigenvalue weighted by atomic mass is 79.9. The quantitative estimate of drug-likeness (QED) is 0.658. The molecule has 7 heteroatoms. The summed E-state index contributed by atoms with van der Waals surface area (Å²) in [6.07, 6.45) is 0.673. The van der Waals surface area contributed by atoms with E-state index in [0.29, 0.717) is 13.0 Å². The fraction of sp³-hybridized carbons (Fsp3) is 0.222. The van der Waals surface area contributed by atoms with Gasteiger partial charge in [0.1, 0.15) is 5.82 Å². The first-order chi connectivity index (χ1) is 11.9. The van der Waals surface area contributed by atoms with E-state index in [9.17, 15) is 14.0 Å². The Balaban J connectivity index is 1.89. The van der Waals surface area contributed by atoms with Crippen LogP contribution in [0.2, 0.25) is 0 Å². The van der Waals surface area contributed by atoms with Crippen LogP contribution in [0.5, 0.6) is 0 Å². The van der Waals surface area contributed by atoms with E-state index in [-0.39, 0.29) is 18.1 Å². The minimum Gasteiger partial charge on any atom is -0.356 e. The Kier molecular flexibility index (Phi) is 6.94. The third-order valence-corrected chi connectivity index (χ3v) is 4.16. The Bertz CT molecular complexity index is 720. The molecule has 0 aliphatic rings. The van der Waals surface area contributed by atoms with E-state index < -0.39 is 12.1 Å². The zero-order valence-electron chi connectivity index (χ0n) is 13.5. The van der Waals surface area contributed by atoms with Crippen molar-refractivity contribution in [1.29, 1.82) is 0 Å². The minimum absolute atomic E-state index is 0.0774. The second-order valence-corrected chi connectivity index (χ2v) is 6.46. The van der Waals surface area contributed by atoms with Gasteiger partial charge in [-0.15, -0.1) is 0 Å². The maximum absolute atomic E-state index is 12.9. The van der Waals surface area contributed by atoms with Gasteiger partial charge in [-0.05, 0) is 41.8 Å². The van der Waals surface area contributed by atoms with Crippen LogP contribution in [-0.2, 0) is 11.2 Å². The van der Waals surface area contributed by atoms with Gasteiger partial charge in [-0.3, -0.25) is 4.79 Å². The highest BCUT2D eigenvalue weighted by Gasteiger charge is 2.17. The molecule has 0 aromatic heterocycles. The largest absolute Gasteiger partial charge is 0.356 e. The van der Waals surface area contributed by atoms with Crippen LogP contribution in [0.15, 0.2) is 53.0 Å². The summed E-state index contributed by atoms with van der Waals surface area (Å²) in [5.41, 5.74) is 6.92. The van der Waals surface area contributed by atoms with E-state index in [1.165, 1.54) is 12.1 Å². The van der Waals surface area contributed by atoms with Gasteiger partial charge in [-0.25, -0.2) is 9.18 Å². The molecular formula is C18H19BrFN3O2. The van der Waals surface area contributed by atoms with Gasteiger partial charge in [0.15, 0.2) is 0 Å². The zero-order chi connectivity index (χ0) is 18.2. The normalized spacial score (nSPS) is 11.6. The van der Waals surface area contributed by atoms with Crippen LogP contribution >= 0.6 is 15.9 Å². The first-order valence-corrected chi connectivity index (χ1v) is 8.56. The van der Waals surface area contributed by atoms with E-state index in [4.69, 9.17) is 5.73 Å². The van der Waals surface area contributed by atoms with E-state index >= 15 is 0 Å². The van der Waals surface area contributed by atoms with Crippen molar-refractivity contribution in [2.45, 2.75) is 18.9 Å². The van der Waals surface area contributed by atoms with E-state index in [2.05, 4.69) is 26.6 Å². The molecule has 1 atom stereocenters. The summed E-state index contributed by atoms with van der Waals surface area (Å²) in [5, 5.41) is 5.38. The molecule has 0 aliphatic heterocycles. The number of halogens is 2. The Morgan fingerprint density at radius 1 is 1.08 bits per heavy atom. The van der Waals surface area contributed by atoms with Crippen LogP contribution in [-0.4, -0.2) is 18.5 Å². The summed E-state index contributed by atoms with van der Waals surface area (Å²) in [4.78, 5) is 23.3. The SMILES string of the molecule is NC(=O)N[C@@H](CC(=O)NCCc1ccc(F)cc1)c1ccc(Br)cc1. The Labute approximate surface area is 153 Å². The zero-order valence-corrected chi connectivity index (χ0v) is 15.1. The summed E-state index contributed by atoms with van der Waals surface area (Å²) >= 11 is 3.34. The molecule has 3 amide bonds. The van der Waals surface area contributed by atoms with Crippen molar-refractivity contribution in [1.82, 2.24) is 10.6 Å². The molecule has 0 spiro atoms. The third-order valence-electron chi connectivity index (χ3n) is 3.63. The maximum Gasteiger partial charge on any atom is 0.312 e. The Morgan fingerprint density at radius 3 is 2.32 bits per heavy atom. The van der Waals surface area contributed by atoms with Crippen molar-refractivity contribution in [3.05, 3.63) is 69.9 Å². The van der Waals surface area contributed by atoms with E-state index in [1.807, 2.05) is 24.3 Å². The van der Waals surface area contributed by atoms with Crippen molar-refractivity contribution in [2.24, 2.45) is 5.73 Å². The van der Waals surface area contributed by atoms with E-state index in [1.54, 1.807) is 12.1 Å². The van der Waals surface area contributed by atoms with Gasteiger partial charge < -0.3 is 16.4 Å². The molecule has 0 aliphatic carbocycles. The molecule has 25 heavy (non-hydrogen) atoms. The first kappa shape index (κ1) is 18.9. The van der Waals surface area contributed by atoms with Gasteiger partial charge in [0, 0.05) is 11.0 Å². The number of urea groups is 1. The number of amides is 3. The Morgan fingerprint density at radius 2 is 1.72 bits per heavy atom. The molecule has 2 aromatic carbocycles. The molecular weight excluding hydrogens is 389 g/mol. The summed E-state index contributed by atoms with van der Waals surface area (Å²) < 4.78 is 13.8. The number of nitrogens with two attached hydrogens (primary N) is 1. The van der Waals surface area contributed by atoms with Crippen molar-refractivity contribution in [2.75, 3.05) is 6.54 Å². The van der Waals surface area contributed by atoms with Crippen molar-refractivity contribution in [3.8, 4) is 0 Å². The molecule has 2 aromatic rings. The maximum atomic E-state index is 12.9. The number of carbonyl (C=O) groups is 2. The van der Waals surface area contributed by atoms with Crippen LogP contribution < -0.4 is 16.4 Å². The van der Waals surface area contributed by atoms with Crippen LogP contribution in [0.3, 0.4) is 0 Å². The van der Waals surface area contributed by atoms with Crippen LogP contribution in [0.1, 0.15) is 23.6 Å². The average Bonchev–Trinajstić information content (AvgIpc) is 2.56. The second-order valence-electron chi connectivity index (χ2n) is 5.54. The van der Waals surface area contributed by atoms with Crippen molar-refractivity contribution < 1.29 is 14.0 Å². The van der Waals surface area contributed by atoms with Gasteiger partial charge in [0.2, 0.25) is 5.91 Å². The molecule has 0 saturated heterocycles. The lowest BCUT2D eigenvalue weighted by Crippen LogP contribution is -2.37. The monoisotopic (exact) mass is 407 g/mol. The molecule has 0 heterocycles. The number of hydrogen-bond acceptors (Lipinski definition) is 2. The number of carbonyl (C=O) groups excluding carboxylic acids is 2. The number of primary amides is 1. The van der Waals surface area contributed by atoms with Gasteiger partial charge >= 0.3 is 6.03 Å². The van der Waals surface area contributed by atoms with E-state index in [0.717, 1.165) is 15.6 Å². The molecule has 5 nitrogen and oxygen atoms in total. The first-order valence-electron chi connectivity index (χ1n) is 7.76. The molecule has 0 bridgehead atoms. The lowest BCUT2D eigenvalue weighted by molar-refractivity contribution is -0.121. The topological polar surface area (TPSA) is 84.2 Å². The molecule has 4 N–H and O–H groups in total. The van der Waals surface area contributed by atoms with Gasteiger partial charge in [-0.2, -0.15) is 0 Å². The van der Waals surface area contributed by atoms with Crippen LogP contribution in [0.25, 0.3) is 0 Å². The van der Waals surface area contributed by atoms with Gasteiger partial charge in [0.25, 0.3) is 0 Å². The van der Waals surface area contributed by atoms with Crippen LogP contribution in [0.4, 0.5) is 9.18 Å². The fourth-order valence-electron chi connectivity index (χ4n) is 2.37. The lowest BCUT2D eigenvalue weighted by atomic mass is 10.0.